The van der Waals surface area contributed by atoms with Crippen LogP contribution in [-0.4, -0.2) is 20.6 Å². The van der Waals surface area contributed by atoms with Crippen molar-refractivity contribution in [2.45, 2.75) is 13.2 Å². The first-order chi connectivity index (χ1) is 13.0. The third kappa shape index (κ3) is 4.99. The van der Waals surface area contributed by atoms with Crippen molar-refractivity contribution in [2.24, 2.45) is 0 Å². The van der Waals surface area contributed by atoms with E-state index in [1.165, 1.54) is 10.9 Å². The van der Waals surface area contributed by atoms with Crippen LogP contribution in [0.2, 0.25) is 0 Å². The van der Waals surface area contributed by atoms with Gasteiger partial charge in [-0.2, -0.15) is 4.68 Å². The minimum absolute atomic E-state index is 0.252. The number of rotatable bonds is 7. The van der Waals surface area contributed by atoms with Crippen molar-refractivity contribution in [2.75, 3.05) is 0 Å². The normalized spacial score (nSPS) is 10.6. The van der Waals surface area contributed by atoms with E-state index in [9.17, 15) is 14.9 Å². The molecule has 0 aliphatic rings. The van der Waals surface area contributed by atoms with Gasteiger partial charge >= 0.3 is 5.82 Å². The second kappa shape index (κ2) is 8.56. The lowest BCUT2D eigenvalue weighted by Gasteiger charge is -2.07. The first kappa shape index (κ1) is 18.7. The van der Waals surface area contributed by atoms with Crippen molar-refractivity contribution >= 4 is 27.7 Å². The summed E-state index contributed by atoms with van der Waals surface area (Å²) in [5.41, 5.74) is 4.54. The van der Waals surface area contributed by atoms with E-state index in [2.05, 4.69) is 26.5 Å². The van der Waals surface area contributed by atoms with Crippen molar-refractivity contribution in [1.82, 2.24) is 15.3 Å². The predicted octanol–water partition coefficient (Wildman–Crippen LogP) is 3.46. The standard InChI is InChI=1S/C18H15BrN4O4/c19-16-11-22(20-17(16)23(25)26)10-14-7-4-8-15(9-14)18(24)21-27-12-13-5-2-1-3-6-13/h1-9,11H,10,12H2,(H,21,24). The molecular weight excluding hydrogens is 416 g/mol. The molecule has 1 heterocycles. The zero-order valence-electron chi connectivity index (χ0n) is 14.0. The minimum Gasteiger partial charge on any atom is -0.358 e. The average Bonchev–Trinajstić information content (AvgIpc) is 3.03. The summed E-state index contributed by atoms with van der Waals surface area (Å²) >= 11 is 3.11. The second-order valence-electron chi connectivity index (χ2n) is 5.66. The fourth-order valence-electron chi connectivity index (χ4n) is 2.41. The van der Waals surface area contributed by atoms with Gasteiger partial charge in [-0.25, -0.2) is 5.48 Å². The van der Waals surface area contributed by atoms with Gasteiger partial charge in [-0.15, -0.1) is 0 Å². The summed E-state index contributed by atoms with van der Waals surface area (Å²) < 4.78 is 1.74. The van der Waals surface area contributed by atoms with E-state index in [-0.39, 0.29) is 18.3 Å². The summed E-state index contributed by atoms with van der Waals surface area (Å²) in [7, 11) is 0. The molecule has 1 N–H and O–H groups in total. The molecule has 0 saturated heterocycles. The van der Waals surface area contributed by atoms with Crippen LogP contribution in [0.3, 0.4) is 0 Å². The first-order valence-electron chi connectivity index (χ1n) is 7.95. The third-order valence-electron chi connectivity index (χ3n) is 3.65. The molecular formula is C18H15BrN4O4. The van der Waals surface area contributed by atoms with E-state index in [1.54, 1.807) is 18.2 Å². The Kier molecular flexibility index (Phi) is 5.94. The van der Waals surface area contributed by atoms with Gasteiger partial charge in [0.25, 0.3) is 5.91 Å². The van der Waals surface area contributed by atoms with E-state index in [1.807, 2.05) is 36.4 Å². The van der Waals surface area contributed by atoms with Gasteiger partial charge in [0.2, 0.25) is 0 Å². The highest BCUT2D eigenvalue weighted by Crippen LogP contribution is 2.22. The lowest BCUT2D eigenvalue weighted by atomic mass is 10.1. The topological polar surface area (TPSA) is 99.3 Å². The molecule has 0 aliphatic carbocycles. The van der Waals surface area contributed by atoms with Crippen molar-refractivity contribution in [3.63, 3.8) is 0 Å². The van der Waals surface area contributed by atoms with Crippen LogP contribution in [0.4, 0.5) is 5.82 Å². The smallest absolute Gasteiger partial charge is 0.358 e. The van der Waals surface area contributed by atoms with Crippen molar-refractivity contribution in [3.8, 4) is 0 Å². The largest absolute Gasteiger partial charge is 0.404 e. The zero-order chi connectivity index (χ0) is 19.2. The number of hydroxylamine groups is 1. The average molecular weight is 431 g/mol. The van der Waals surface area contributed by atoms with Crippen molar-refractivity contribution in [1.29, 1.82) is 0 Å². The van der Waals surface area contributed by atoms with Crippen LogP contribution in [0.5, 0.6) is 0 Å². The number of nitrogens with zero attached hydrogens (tertiary/aromatic N) is 3. The predicted molar refractivity (Wildman–Crippen MR) is 101 cm³/mol. The van der Waals surface area contributed by atoms with Crippen molar-refractivity contribution < 1.29 is 14.6 Å². The molecule has 3 aromatic rings. The number of nitrogens with one attached hydrogen (secondary N) is 1. The molecule has 138 valence electrons. The van der Waals surface area contributed by atoms with E-state index >= 15 is 0 Å². The van der Waals surface area contributed by atoms with Crippen LogP contribution in [0.15, 0.2) is 65.3 Å². The van der Waals surface area contributed by atoms with Crippen LogP contribution >= 0.6 is 15.9 Å². The van der Waals surface area contributed by atoms with Crippen LogP contribution in [0, 0.1) is 10.1 Å². The summed E-state index contributed by atoms with van der Waals surface area (Å²) in [6.07, 6.45) is 1.52. The Morgan fingerprint density at radius 3 is 2.63 bits per heavy atom. The number of aromatic nitrogens is 2. The highest BCUT2D eigenvalue weighted by molar-refractivity contribution is 9.10. The highest BCUT2D eigenvalue weighted by atomic mass is 79.9. The molecule has 8 nitrogen and oxygen atoms in total. The number of carbonyl (C=O) groups is 1. The second-order valence-corrected chi connectivity index (χ2v) is 6.52. The number of hydrogen-bond acceptors (Lipinski definition) is 5. The molecule has 0 aliphatic heterocycles. The summed E-state index contributed by atoms with van der Waals surface area (Å²) in [6, 6.07) is 16.4. The molecule has 0 saturated carbocycles. The molecule has 0 fully saturated rings. The van der Waals surface area contributed by atoms with E-state index < -0.39 is 4.92 Å². The molecule has 3 rings (SSSR count). The molecule has 1 amide bonds. The Morgan fingerprint density at radius 1 is 1.19 bits per heavy atom. The highest BCUT2D eigenvalue weighted by Gasteiger charge is 2.18. The van der Waals surface area contributed by atoms with Crippen LogP contribution in [0.1, 0.15) is 21.5 Å². The summed E-state index contributed by atoms with van der Waals surface area (Å²) in [5.74, 6) is -0.626. The number of hydrogen-bond donors (Lipinski definition) is 1. The Bertz CT molecular complexity index is 959. The maximum atomic E-state index is 12.2. The van der Waals surface area contributed by atoms with Gasteiger partial charge in [-0.1, -0.05) is 42.5 Å². The molecule has 0 unspecified atom stereocenters. The van der Waals surface area contributed by atoms with Gasteiger partial charge in [-0.05, 0) is 44.1 Å². The number of amides is 1. The lowest BCUT2D eigenvalue weighted by Crippen LogP contribution is -2.23. The van der Waals surface area contributed by atoms with Crippen LogP contribution < -0.4 is 5.48 Å². The molecule has 27 heavy (non-hydrogen) atoms. The fraction of sp³-hybridized carbons (Fsp3) is 0.111. The first-order valence-corrected chi connectivity index (χ1v) is 8.74. The maximum Gasteiger partial charge on any atom is 0.404 e. The number of halogens is 1. The third-order valence-corrected chi connectivity index (χ3v) is 4.21. The number of nitro groups is 1. The Morgan fingerprint density at radius 2 is 1.93 bits per heavy atom. The lowest BCUT2D eigenvalue weighted by molar-refractivity contribution is -0.390. The summed E-state index contributed by atoms with van der Waals surface area (Å²) in [5, 5.41) is 14.8. The maximum absolute atomic E-state index is 12.2. The van der Waals surface area contributed by atoms with Gasteiger partial charge in [0.1, 0.15) is 4.47 Å². The SMILES string of the molecule is O=C(NOCc1ccccc1)c1cccc(Cn2cc(Br)c([N+](=O)[O-])n2)c1. The minimum atomic E-state index is -0.561. The van der Waals surface area contributed by atoms with Gasteiger partial charge in [0.05, 0.1) is 24.4 Å². The van der Waals surface area contributed by atoms with E-state index in [0.29, 0.717) is 16.6 Å². The van der Waals surface area contributed by atoms with Gasteiger partial charge < -0.3 is 10.1 Å². The fourth-order valence-corrected chi connectivity index (χ4v) is 2.87. The quantitative estimate of drug-likeness (QED) is 0.456. The Hall–Kier alpha value is -3.04. The molecule has 1 aromatic heterocycles. The molecule has 9 heteroatoms. The van der Waals surface area contributed by atoms with E-state index in [0.717, 1.165) is 11.1 Å². The molecule has 0 spiro atoms. The van der Waals surface area contributed by atoms with Gasteiger partial charge in [0, 0.05) is 5.56 Å². The number of benzene rings is 2. The monoisotopic (exact) mass is 430 g/mol. The number of carbonyl (C=O) groups excluding carboxylic acids is 1. The molecule has 0 radical (unpaired) electrons. The van der Waals surface area contributed by atoms with Gasteiger partial charge in [-0.3, -0.25) is 9.63 Å². The van der Waals surface area contributed by atoms with Crippen LogP contribution in [-0.2, 0) is 18.0 Å². The van der Waals surface area contributed by atoms with Crippen LogP contribution in [0.25, 0.3) is 0 Å². The van der Waals surface area contributed by atoms with Crippen molar-refractivity contribution in [3.05, 3.63) is 92.1 Å². The summed E-state index contributed by atoms with van der Waals surface area (Å²) in [4.78, 5) is 27.8. The molecule has 0 atom stereocenters. The Balaban J connectivity index is 1.61. The molecule has 2 aromatic carbocycles. The molecule has 0 bridgehead atoms. The van der Waals surface area contributed by atoms with E-state index in [4.69, 9.17) is 4.84 Å². The van der Waals surface area contributed by atoms with Gasteiger partial charge in [0.15, 0.2) is 0 Å². The zero-order valence-corrected chi connectivity index (χ0v) is 15.6. The summed E-state index contributed by atoms with van der Waals surface area (Å²) in [6.45, 7) is 0.551. The Labute approximate surface area is 163 Å².